The lowest BCUT2D eigenvalue weighted by Gasteiger charge is -2.02. The first kappa shape index (κ1) is 17.3. The van der Waals surface area contributed by atoms with Crippen molar-refractivity contribution in [3.05, 3.63) is 51.4 Å². The minimum absolute atomic E-state index is 0.288. The molecule has 2 aromatic rings. The first-order valence-electron chi connectivity index (χ1n) is 6.75. The van der Waals surface area contributed by atoms with Crippen LogP contribution in [0.5, 0.6) is 0 Å². The topological polar surface area (TPSA) is 105 Å². The smallest absolute Gasteiger partial charge is 0.345 e. The summed E-state index contributed by atoms with van der Waals surface area (Å²) in [5.41, 5.74) is 5.99. The van der Waals surface area contributed by atoms with E-state index in [1.165, 1.54) is 11.3 Å². The van der Waals surface area contributed by atoms with E-state index in [1.54, 1.807) is 30.3 Å². The molecule has 120 valence electrons. The molecule has 0 fully saturated rings. The summed E-state index contributed by atoms with van der Waals surface area (Å²) < 4.78 is 0. The van der Waals surface area contributed by atoms with Crippen molar-refractivity contribution >= 4 is 39.7 Å². The number of ketones is 1. The molecule has 0 radical (unpaired) electrons. The largest absolute Gasteiger partial charge is 0.479 e. The number of thiophene rings is 1. The van der Waals surface area contributed by atoms with E-state index in [-0.39, 0.29) is 5.78 Å². The van der Waals surface area contributed by atoms with Crippen LogP contribution in [0.4, 0.5) is 5.00 Å². The molecule has 3 N–H and O–H groups in total. The molecule has 0 saturated carbocycles. The predicted molar refractivity (Wildman–Crippen MR) is 88.7 cm³/mol. The summed E-state index contributed by atoms with van der Waals surface area (Å²) >= 11 is 7.33. The van der Waals surface area contributed by atoms with E-state index in [9.17, 15) is 9.59 Å². The summed E-state index contributed by atoms with van der Waals surface area (Å²) in [4.78, 5) is 24.3. The Hall–Kier alpha value is -2.09. The molecule has 0 saturated heterocycles. The van der Waals surface area contributed by atoms with Gasteiger partial charge < -0.3 is 5.11 Å². The van der Waals surface area contributed by atoms with Crippen LogP contribution >= 0.6 is 22.9 Å². The fourth-order valence-corrected chi connectivity index (χ4v) is 2.94. The fraction of sp³-hybridized carbons (Fsp3) is 0.200. The molecule has 0 aliphatic carbocycles. The Kier molecular flexibility index (Phi) is 5.59. The summed E-state index contributed by atoms with van der Waals surface area (Å²) in [6.07, 6.45) is -0.751. The summed E-state index contributed by atoms with van der Waals surface area (Å²) in [7, 11) is 0. The summed E-state index contributed by atoms with van der Waals surface area (Å²) in [6, 6.07) is 8.42. The number of carbonyl (C=O) groups is 2. The first-order valence-corrected chi connectivity index (χ1v) is 7.94. The van der Waals surface area contributed by atoms with Crippen molar-refractivity contribution in [2.45, 2.75) is 19.5 Å². The van der Waals surface area contributed by atoms with Gasteiger partial charge in [0.25, 0.3) is 0 Å². The van der Waals surface area contributed by atoms with Gasteiger partial charge in [-0.3, -0.25) is 10.5 Å². The van der Waals surface area contributed by atoms with Crippen LogP contribution in [0, 0.1) is 0 Å². The third-order valence-corrected chi connectivity index (χ3v) is 4.49. The van der Waals surface area contributed by atoms with E-state index in [4.69, 9.17) is 22.4 Å². The third kappa shape index (κ3) is 4.01. The van der Waals surface area contributed by atoms with Crippen LogP contribution in [0.3, 0.4) is 0 Å². The molecule has 0 aliphatic rings. The van der Waals surface area contributed by atoms with E-state index in [0.29, 0.717) is 27.6 Å². The highest BCUT2D eigenvalue weighted by atomic mass is 35.5. The molecule has 1 aromatic heterocycles. The zero-order chi connectivity index (χ0) is 17.0. The van der Waals surface area contributed by atoms with E-state index >= 15 is 0 Å². The zero-order valence-electron chi connectivity index (χ0n) is 12.2. The molecular formula is C15H14ClN3O3S. The fourth-order valence-electron chi connectivity index (χ4n) is 1.80. The number of nitrogens with two attached hydrogens (primary N) is 1. The van der Waals surface area contributed by atoms with Gasteiger partial charge in [0.05, 0.1) is 10.6 Å². The Morgan fingerprint density at radius 3 is 2.65 bits per heavy atom. The highest BCUT2D eigenvalue weighted by molar-refractivity contribution is 7.16. The number of carboxylic acid groups (broad SMARTS) is 1. The summed E-state index contributed by atoms with van der Waals surface area (Å²) in [6.45, 7) is 1.94. The SMILES string of the molecule is CCc1cc(C(=O)c2ccccc2Cl)c(N=NC(N)C(=O)O)s1. The van der Waals surface area contributed by atoms with Gasteiger partial charge in [0, 0.05) is 10.4 Å². The van der Waals surface area contributed by atoms with Gasteiger partial charge >= 0.3 is 5.97 Å². The number of aryl methyl sites for hydroxylation is 1. The minimum Gasteiger partial charge on any atom is -0.479 e. The Morgan fingerprint density at radius 2 is 2.04 bits per heavy atom. The number of azo groups is 1. The Balaban J connectivity index is 2.42. The van der Waals surface area contributed by atoms with Gasteiger partial charge in [0.1, 0.15) is 5.00 Å². The van der Waals surface area contributed by atoms with Gasteiger partial charge in [-0.15, -0.1) is 16.5 Å². The lowest BCUT2D eigenvalue weighted by atomic mass is 10.0. The number of carboxylic acids is 1. The van der Waals surface area contributed by atoms with Crippen LogP contribution in [0.25, 0.3) is 0 Å². The quantitative estimate of drug-likeness (QED) is 0.612. The van der Waals surface area contributed by atoms with E-state index < -0.39 is 12.1 Å². The summed E-state index contributed by atoms with van der Waals surface area (Å²) in [5, 5.41) is 16.8. The second-order valence-corrected chi connectivity index (χ2v) is 6.12. The number of benzene rings is 1. The highest BCUT2D eigenvalue weighted by Crippen LogP contribution is 2.34. The molecule has 1 unspecified atom stereocenters. The number of carbonyl (C=O) groups excluding carboxylic acids is 1. The van der Waals surface area contributed by atoms with E-state index in [2.05, 4.69) is 10.2 Å². The molecule has 23 heavy (non-hydrogen) atoms. The molecule has 0 aliphatic heterocycles. The lowest BCUT2D eigenvalue weighted by molar-refractivity contribution is -0.138. The average molecular weight is 352 g/mol. The van der Waals surface area contributed by atoms with E-state index in [1.807, 2.05) is 6.92 Å². The molecule has 8 heteroatoms. The van der Waals surface area contributed by atoms with Gasteiger partial charge in [-0.2, -0.15) is 5.11 Å². The van der Waals surface area contributed by atoms with Gasteiger partial charge in [-0.25, -0.2) is 4.79 Å². The number of hydrogen-bond donors (Lipinski definition) is 2. The minimum atomic E-state index is -1.47. The van der Waals surface area contributed by atoms with Crippen molar-refractivity contribution in [2.24, 2.45) is 16.0 Å². The van der Waals surface area contributed by atoms with Crippen LogP contribution in [0.2, 0.25) is 5.02 Å². The maximum Gasteiger partial charge on any atom is 0.345 e. The molecule has 0 spiro atoms. The second-order valence-electron chi connectivity index (χ2n) is 4.59. The maximum absolute atomic E-state index is 12.7. The van der Waals surface area contributed by atoms with Crippen LogP contribution in [0.1, 0.15) is 27.7 Å². The van der Waals surface area contributed by atoms with Crippen LogP contribution < -0.4 is 5.73 Å². The van der Waals surface area contributed by atoms with Crippen LogP contribution in [-0.4, -0.2) is 23.0 Å². The van der Waals surface area contributed by atoms with Crippen LogP contribution in [-0.2, 0) is 11.2 Å². The molecule has 0 bridgehead atoms. The van der Waals surface area contributed by atoms with Gasteiger partial charge in [0.15, 0.2) is 5.78 Å². The Morgan fingerprint density at radius 1 is 1.35 bits per heavy atom. The van der Waals surface area contributed by atoms with Crippen molar-refractivity contribution in [1.29, 1.82) is 0 Å². The van der Waals surface area contributed by atoms with Crippen molar-refractivity contribution in [3.8, 4) is 0 Å². The van der Waals surface area contributed by atoms with Gasteiger partial charge in [-0.05, 0) is 24.6 Å². The Labute approximate surface area is 141 Å². The molecule has 1 aromatic carbocycles. The average Bonchev–Trinajstić information content (AvgIpc) is 2.95. The standard InChI is InChI=1S/C15H14ClN3O3S/c1-2-8-7-10(12(20)9-5-3-4-6-11(9)16)14(23-8)19-18-13(17)15(21)22/h3-7,13H,2,17H2,1H3,(H,21,22). The normalized spacial score (nSPS) is 12.5. The number of rotatable bonds is 6. The molecule has 1 atom stereocenters. The monoisotopic (exact) mass is 351 g/mol. The van der Waals surface area contributed by atoms with Crippen LogP contribution in [0.15, 0.2) is 40.6 Å². The molecule has 6 nitrogen and oxygen atoms in total. The molecule has 1 heterocycles. The van der Waals surface area contributed by atoms with Crippen molar-refractivity contribution in [1.82, 2.24) is 0 Å². The highest BCUT2D eigenvalue weighted by Gasteiger charge is 2.20. The molecular weight excluding hydrogens is 338 g/mol. The Bertz CT molecular complexity index is 773. The second kappa shape index (κ2) is 7.45. The third-order valence-electron chi connectivity index (χ3n) is 3.00. The first-order chi connectivity index (χ1) is 10.9. The molecule has 2 rings (SSSR count). The lowest BCUT2D eigenvalue weighted by Crippen LogP contribution is -2.27. The zero-order valence-corrected chi connectivity index (χ0v) is 13.8. The number of nitrogens with zero attached hydrogens (tertiary/aromatic N) is 2. The maximum atomic E-state index is 12.7. The van der Waals surface area contributed by atoms with E-state index in [0.717, 1.165) is 4.88 Å². The van der Waals surface area contributed by atoms with Crippen molar-refractivity contribution < 1.29 is 14.7 Å². The molecule has 0 amide bonds. The summed E-state index contributed by atoms with van der Waals surface area (Å²) in [5.74, 6) is -1.58. The number of aliphatic carboxylic acids is 1. The van der Waals surface area contributed by atoms with Gasteiger partial charge in [-0.1, -0.05) is 30.7 Å². The van der Waals surface area contributed by atoms with Gasteiger partial charge in [0.2, 0.25) is 6.17 Å². The van der Waals surface area contributed by atoms with Crippen molar-refractivity contribution in [2.75, 3.05) is 0 Å². The predicted octanol–water partition coefficient (Wildman–Crippen LogP) is 3.65. The van der Waals surface area contributed by atoms with Crippen molar-refractivity contribution in [3.63, 3.8) is 0 Å². The number of hydrogen-bond acceptors (Lipinski definition) is 6. The number of halogens is 1.